The molecule has 0 fully saturated rings. The van der Waals surface area contributed by atoms with E-state index < -0.39 is 0 Å². The van der Waals surface area contributed by atoms with Gasteiger partial charge in [-0.1, -0.05) is 0 Å². The summed E-state index contributed by atoms with van der Waals surface area (Å²) >= 11 is -0.564. The topological polar surface area (TPSA) is 34.1 Å². The first-order chi connectivity index (χ1) is 10.8. The van der Waals surface area contributed by atoms with E-state index in [1.807, 2.05) is 24.3 Å². The van der Waals surface area contributed by atoms with Crippen LogP contribution in [-0.2, 0) is 9.59 Å². The summed E-state index contributed by atoms with van der Waals surface area (Å²) in [7, 11) is 0. The predicted octanol–water partition coefficient (Wildman–Crippen LogP) is 1.39. The fourth-order valence-electron chi connectivity index (χ4n) is 1.76. The van der Waals surface area contributed by atoms with Gasteiger partial charge in [0.15, 0.2) is 0 Å². The van der Waals surface area contributed by atoms with Gasteiger partial charge in [0.2, 0.25) is 0 Å². The molecule has 0 amide bonds. The number of hydrogen-bond donors (Lipinski definition) is 0. The van der Waals surface area contributed by atoms with E-state index in [0.29, 0.717) is 0 Å². The molecule has 0 bridgehead atoms. The molecule has 0 aromatic heterocycles. The van der Waals surface area contributed by atoms with Crippen molar-refractivity contribution in [2.75, 3.05) is 0 Å². The second-order valence-electron chi connectivity index (χ2n) is 4.23. The Morgan fingerprint density at radius 2 is 1.05 bits per heavy atom. The van der Waals surface area contributed by atoms with Crippen molar-refractivity contribution in [1.29, 1.82) is 0 Å². The van der Waals surface area contributed by atoms with Crippen molar-refractivity contribution < 1.29 is 9.59 Å². The molecule has 0 unspecified atom stereocenters. The molecule has 0 spiro atoms. The molecular weight excluding hydrogens is 503 g/mol. The number of aldehydes is 2. The third kappa shape index (κ3) is 5.24. The molecule has 0 aliphatic rings. The molecule has 0 radical (unpaired) electrons. The van der Waals surface area contributed by atoms with E-state index in [0.717, 1.165) is 23.7 Å². The van der Waals surface area contributed by atoms with Crippen LogP contribution in [0.2, 0.25) is 0 Å². The Morgan fingerprint density at radius 3 is 1.45 bits per heavy atom. The van der Waals surface area contributed by atoms with E-state index in [-0.39, 0.29) is 34.1 Å². The number of allylic oxidation sites excluding steroid dienone is 2. The van der Waals surface area contributed by atoms with E-state index >= 15 is 0 Å². The molecule has 4 heteroatoms. The van der Waals surface area contributed by atoms with E-state index in [2.05, 4.69) is 36.4 Å². The average Bonchev–Trinajstić information content (AvgIpc) is 2.57. The molecule has 2 aromatic carbocycles. The van der Waals surface area contributed by atoms with Crippen LogP contribution in [-0.4, -0.2) is 46.7 Å². The maximum absolute atomic E-state index is 10.5. The van der Waals surface area contributed by atoms with E-state index in [4.69, 9.17) is 0 Å². The van der Waals surface area contributed by atoms with E-state index in [1.54, 1.807) is 12.2 Å². The van der Waals surface area contributed by atoms with Crippen LogP contribution in [0.3, 0.4) is 0 Å². The normalized spacial score (nSPS) is 11.1. The van der Waals surface area contributed by atoms with Crippen LogP contribution in [0, 0.1) is 0 Å². The minimum absolute atomic E-state index is 0.282. The van der Waals surface area contributed by atoms with Crippen molar-refractivity contribution in [3.8, 4) is 0 Å². The van der Waals surface area contributed by atoms with Crippen molar-refractivity contribution in [2.24, 2.45) is 0 Å². The van der Waals surface area contributed by atoms with E-state index in [9.17, 15) is 9.59 Å². The van der Waals surface area contributed by atoms with Crippen molar-refractivity contribution in [2.45, 2.75) is 0 Å². The summed E-state index contributed by atoms with van der Waals surface area (Å²) in [6.07, 6.45) is 8.50. The molecule has 0 N–H and O–H groups in total. The Hall–Kier alpha value is -1.16. The van der Waals surface area contributed by atoms with Crippen LogP contribution in [0.1, 0.15) is 11.1 Å². The van der Waals surface area contributed by atoms with Gasteiger partial charge in [0, 0.05) is 0 Å². The Bertz CT molecular complexity index is 644. The number of carbonyl (C=O) groups is 2. The van der Waals surface area contributed by atoms with Gasteiger partial charge in [0.1, 0.15) is 0 Å². The molecule has 0 atom stereocenters. The molecule has 0 aliphatic heterocycles. The van der Waals surface area contributed by atoms with Gasteiger partial charge in [-0.3, -0.25) is 0 Å². The van der Waals surface area contributed by atoms with Gasteiger partial charge in [-0.2, -0.15) is 0 Å². The zero-order chi connectivity index (χ0) is 15.6. The molecule has 0 saturated carbocycles. The summed E-state index contributed by atoms with van der Waals surface area (Å²) in [5.74, 6) is 0. The summed E-state index contributed by atoms with van der Waals surface area (Å²) in [6.45, 7) is 0. The summed E-state index contributed by atoms with van der Waals surface area (Å²) in [5.41, 5.74) is 2.31. The van der Waals surface area contributed by atoms with Crippen LogP contribution in [0.4, 0.5) is 0 Å². The number of carbonyl (C=O) groups excluding carboxylic acids is 2. The third-order valence-corrected chi connectivity index (χ3v) is 14.6. The molecule has 2 nitrogen and oxygen atoms in total. The van der Waals surface area contributed by atoms with Gasteiger partial charge in [-0.15, -0.1) is 0 Å². The van der Waals surface area contributed by atoms with Crippen LogP contribution < -0.4 is 7.22 Å². The molecule has 2 aromatic rings. The Morgan fingerprint density at radius 1 is 0.636 bits per heavy atom. The van der Waals surface area contributed by atoms with Gasteiger partial charge >= 0.3 is 147 Å². The number of hydrogen-bond acceptors (Lipinski definition) is 2. The zero-order valence-corrected chi connectivity index (χ0v) is 16.4. The number of rotatable bonds is 7. The molecule has 0 saturated heterocycles. The van der Waals surface area contributed by atoms with Gasteiger partial charge in [-0.25, -0.2) is 0 Å². The van der Waals surface area contributed by atoms with Crippen LogP contribution in [0.15, 0.2) is 60.7 Å². The van der Waals surface area contributed by atoms with Gasteiger partial charge in [0.05, 0.1) is 0 Å². The fraction of sp³-hybridized carbons (Fsp3) is 0. The molecule has 110 valence electrons. The first-order valence-electron chi connectivity index (χ1n) is 6.61. The van der Waals surface area contributed by atoms with Crippen LogP contribution >= 0.6 is 0 Å². The molecule has 22 heavy (non-hydrogen) atoms. The predicted molar refractivity (Wildman–Crippen MR) is 93.9 cm³/mol. The Labute approximate surface area is 146 Å². The third-order valence-electron chi connectivity index (χ3n) is 2.77. The van der Waals surface area contributed by atoms with Crippen molar-refractivity contribution in [1.82, 2.24) is 0 Å². The molecule has 0 aliphatic carbocycles. The Balaban J connectivity index is 2.17. The summed E-state index contributed by atoms with van der Waals surface area (Å²) in [6, 6.07) is 16.6. The van der Waals surface area contributed by atoms with Gasteiger partial charge < -0.3 is 0 Å². The van der Waals surface area contributed by atoms with Crippen LogP contribution in [0.25, 0.3) is 12.2 Å². The minimum atomic E-state index is -0.282. The summed E-state index contributed by atoms with van der Waals surface area (Å²) < 4.78 is 2.78. The zero-order valence-electron chi connectivity index (χ0n) is 11.7. The SMILES string of the molecule is O=CC=Cc1ccccc1[Te][Te]c1ccccc1C=CC=O. The maximum atomic E-state index is 10.5. The van der Waals surface area contributed by atoms with E-state index in [1.165, 1.54) is 7.22 Å². The first-order valence-corrected chi connectivity index (χ1v) is 16.3. The fourth-order valence-corrected chi connectivity index (χ4v) is 13.6. The first kappa shape index (κ1) is 17.2. The summed E-state index contributed by atoms with van der Waals surface area (Å²) in [4.78, 5) is 21.0. The number of benzene rings is 2. The second kappa shape index (κ2) is 9.77. The molecule has 2 rings (SSSR count). The monoisotopic (exact) mass is 522 g/mol. The molecule has 0 heterocycles. The second-order valence-corrected chi connectivity index (χ2v) is 14.1. The van der Waals surface area contributed by atoms with Crippen LogP contribution in [0.5, 0.6) is 0 Å². The van der Waals surface area contributed by atoms with Crippen molar-refractivity contribution in [3.05, 3.63) is 71.8 Å². The molecular formula is C18H14O2Te2. The van der Waals surface area contributed by atoms with Crippen molar-refractivity contribution in [3.63, 3.8) is 0 Å². The van der Waals surface area contributed by atoms with Gasteiger partial charge in [-0.05, 0) is 0 Å². The van der Waals surface area contributed by atoms with Gasteiger partial charge in [0.25, 0.3) is 0 Å². The average molecular weight is 518 g/mol. The summed E-state index contributed by atoms with van der Waals surface area (Å²) in [5, 5.41) is 0. The Kier molecular flexibility index (Phi) is 7.64. The quantitative estimate of drug-likeness (QED) is 0.316. The van der Waals surface area contributed by atoms with Crippen molar-refractivity contribution >= 4 is 66.1 Å². The standard InChI is InChI=1S/C18H14O2Te2/c19-13-5-9-15-7-1-3-11-17(15)21-22-18-12-4-2-8-16(18)10-6-14-20/h1-14H.